The van der Waals surface area contributed by atoms with E-state index in [0.717, 1.165) is 22.4 Å². The summed E-state index contributed by atoms with van der Waals surface area (Å²) in [6, 6.07) is 8.64. The predicted octanol–water partition coefficient (Wildman–Crippen LogP) is 3.95. The molecule has 0 radical (unpaired) electrons. The van der Waals surface area contributed by atoms with Crippen molar-refractivity contribution >= 4 is 27.3 Å². The second-order valence-electron chi connectivity index (χ2n) is 6.23. The molecule has 0 spiro atoms. The van der Waals surface area contributed by atoms with E-state index in [-0.39, 0.29) is 5.91 Å². The second-order valence-corrected chi connectivity index (χ2v) is 7.29. The summed E-state index contributed by atoms with van der Waals surface area (Å²) in [6.07, 6.45) is 6.53. The monoisotopic (exact) mass is 346 g/mol. The fourth-order valence-corrected chi connectivity index (χ4v) is 4.36. The van der Waals surface area contributed by atoms with Gasteiger partial charge in [0.15, 0.2) is 5.75 Å². The number of amides is 1. The maximum absolute atomic E-state index is 12.6. The number of carbonyl (C=O) groups is 1. The lowest BCUT2D eigenvalue weighted by Crippen LogP contribution is -2.37. The highest BCUT2D eigenvalue weighted by atomic mass is 32.1. The third-order valence-corrected chi connectivity index (χ3v) is 5.64. The predicted molar refractivity (Wildman–Crippen MR) is 100 cm³/mol. The summed E-state index contributed by atoms with van der Waals surface area (Å²) >= 11 is 1.50. The summed E-state index contributed by atoms with van der Waals surface area (Å²) in [4.78, 5) is 13.2. The Kier molecular flexibility index (Phi) is 6.10. The van der Waals surface area contributed by atoms with E-state index >= 15 is 0 Å². The van der Waals surface area contributed by atoms with E-state index in [2.05, 4.69) is 10.6 Å². The quantitative estimate of drug-likeness (QED) is 0.746. The van der Waals surface area contributed by atoms with Crippen LogP contribution in [0, 0.1) is 0 Å². The van der Waals surface area contributed by atoms with Crippen molar-refractivity contribution in [2.24, 2.45) is 0 Å². The van der Waals surface area contributed by atoms with Crippen LogP contribution in [0.4, 0.5) is 0 Å². The van der Waals surface area contributed by atoms with E-state index in [4.69, 9.17) is 4.74 Å². The van der Waals surface area contributed by atoms with Crippen molar-refractivity contribution in [2.45, 2.75) is 45.1 Å². The summed E-state index contributed by atoms with van der Waals surface area (Å²) in [5.41, 5.74) is 0. The van der Waals surface area contributed by atoms with Crippen LogP contribution in [0.1, 0.15) is 48.7 Å². The molecule has 1 amide bonds. The van der Waals surface area contributed by atoms with Gasteiger partial charge in [0.25, 0.3) is 5.91 Å². The molecule has 5 heteroatoms. The van der Waals surface area contributed by atoms with Crippen molar-refractivity contribution in [1.29, 1.82) is 0 Å². The summed E-state index contributed by atoms with van der Waals surface area (Å²) in [7, 11) is 0. The number of hydrogen-bond donors (Lipinski definition) is 2. The van der Waals surface area contributed by atoms with Crippen LogP contribution < -0.4 is 15.4 Å². The van der Waals surface area contributed by atoms with Crippen LogP contribution in [0.5, 0.6) is 5.75 Å². The Morgan fingerprint density at radius 1 is 1.21 bits per heavy atom. The number of hydrogen-bond acceptors (Lipinski definition) is 4. The molecule has 1 heterocycles. The summed E-state index contributed by atoms with van der Waals surface area (Å²) in [5.74, 6) is 0.681. The zero-order valence-electron chi connectivity index (χ0n) is 14.3. The zero-order valence-corrected chi connectivity index (χ0v) is 15.1. The van der Waals surface area contributed by atoms with E-state index in [0.29, 0.717) is 24.1 Å². The van der Waals surface area contributed by atoms with E-state index in [9.17, 15) is 4.79 Å². The first kappa shape index (κ1) is 17.2. The summed E-state index contributed by atoms with van der Waals surface area (Å²) < 4.78 is 6.84. The van der Waals surface area contributed by atoms with Crippen LogP contribution in [-0.2, 0) is 0 Å². The van der Waals surface area contributed by atoms with Crippen molar-refractivity contribution in [1.82, 2.24) is 10.6 Å². The molecular weight excluding hydrogens is 320 g/mol. The SMILES string of the molecule is CCOc1c(C(=O)NCCNC2CCCCC2)sc2ccccc12. The molecule has 1 aromatic heterocycles. The molecular formula is C19H26N2O2S. The Balaban J connectivity index is 1.58. The van der Waals surface area contributed by atoms with Crippen LogP contribution in [0.2, 0.25) is 0 Å². The molecule has 1 aliphatic rings. The summed E-state index contributed by atoms with van der Waals surface area (Å²) in [5, 5.41) is 7.60. The highest BCUT2D eigenvalue weighted by Crippen LogP contribution is 2.37. The molecule has 0 aliphatic heterocycles. The largest absolute Gasteiger partial charge is 0.491 e. The molecule has 2 aromatic rings. The molecule has 24 heavy (non-hydrogen) atoms. The Bertz CT molecular complexity index is 677. The van der Waals surface area contributed by atoms with Crippen molar-refractivity contribution in [2.75, 3.05) is 19.7 Å². The van der Waals surface area contributed by atoms with Crippen LogP contribution in [0.3, 0.4) is 0 Å². The highest BCUT2D eigenvalue weighted by molar-refractivity contribution is 7.21. The fraction of sp³-hybridized carbons (Fsp3) is 0.526. The number of carbonyl (C=O) groups excluding carboxylic acids is 1. The molecule has 0 unspecified atom stereocenters. The minimum Gasteiger partial charge on any atom is -0.491 e. The van der Waals surface area contributed by atoms with Gasteiger partial charge < -0.3 is 15.4 Å². The lowest BCUT2D eigenvalue weighted by atomic mass is 9.95. The number of nitrogens with one attached hydrogen (secondary N) is 2. The Morgan fingerprint density at radius 3 is 2.79 bits per heavy atom. The molecule has 2 N–H and O–H groups in total. The number of ether oxygens (including phenoxy) is 1. The number of fused-ring (bicyclic) bond motifs is 1. The molecule has 1 fully saturated rings. The van der Waals surface area contributed by atoms with Gasteiger partial charge in [-0.25, -0.2) is 0 Å². The standard InChI is InChI=1S/C19H26N2O2S/c1-2-23-17-15-10-6-7-11-16(15)24-18(17)19(22)21-13-12-20-14-8-4-3-5-9-14/h6-7,10-11,14,20H,2-5,8-9,12-13H2,1H3,(H,21,22). The average Bonchev–Trinajstić information content (AvgIpc) is 2.99. The average molecular weight is 346 g/mol. The van der Waals surface area contributed by atoms with Gasteiger partial charge >= 0.3 is 0 Å². The van der Waals surface area contributed by atoms with Crippen LogP contribution >= 0.6 is 11.3 Å². The molecule has 4 nitrogen and oxygen atoms in total. The normalized spacial score (nSPS) is 15.5. The molecule has 1 saturated carbocycles. The van der Waals surface area contributed by atoms with Crippen molar-refractivity contribution < 1.29 is 9.53 Å². The first-order chi connectivity index (χ1) is 11.8. The number of thiophene rings is 1. The fourth-order valence-electron chi connectivity index (χ4n) is 3.30. The Hall–Kier alpha value is -1.59. The van der Waals surface area contributed by atoms with Gasteiger partial charge in [0.2, 0.25) is 0 Å². The van der Waals surface area contributed by atoms with Gasteiger partial charge in [-0.2, -0.15) is 0 Å². The Morgan fingerprint density at radius 2 is 2.00 bits per heavy atom. The van der Waals surface area contributed by atoms with Gasteiger partial charge in [0, 0.05) is 29.2 Å². The van der Waals surface area contributed by atoms with E-state index in [1.54, 1.807) is 0 Å². The van der Waals surface area contributed by atoms with Gasteiger partial charge in [0.1, 0.15) is 4.88 Å². The lowest BCUT2D eigenvalue weighted by Gasteiger charge is -2.22. The van der Waals surface area contributed by atoms with E-state index < -0.39 is 0 Å². The summed E-state index contributed by atoms with van der Waals surface area (Å²) in [6.45, 7) is 3.98. The van der Waals surface area contributed by atoms with Crippen molar-refractivity contribution in [3.05, 3.63) is 29.1 Å². The first-order valence-corrected chi connectivity index (χ1v) is 9.77. The van der Waals surface area contributed by atoms with Gasteiger partial charge in [-0.1, -0.05) is 31.4 Å². The molecule has 0 saturated heterocycles. The highest BCUT2D eigenvalue weighted by Gasteiger charge is 2.19. The van der Waals surface area contributed by atoms with E-state index in [1.807, 2.05) is 31.2 Å². The topological polar surface area (TPSA) is 50.4 Å². The minimum absolute atomic E-state index is 0.0369. The van der Waals surface area contributed by atoms with Gasteiger partial charge in [0.05, 0.1) is 6.61 Å². The van der Waals surface area contributed by atoms with Crippen LogP contribution in [0.15, 0.2) is 24.3 Å². The maximum atomic E-state index is 12.6. The maximum Gasteiger partial charge on any atom is 0.265 e. The molecule has 130 valence electrons. The third-order valence-electron chi connectivity index (χ3n) is 4.49. The second kappa shape index (κ2) is 8.49. The van der Waals surface area contributed by atoms with Gasteiger partial charge in [-0.15, -0.1) is 11.3 Å². The number of rotatable bonds is 7. The first-order valence-electron chi connectivity index (χ1n) is 8.95. The number of benzene rings is 1. The Labute approximate surface area is 147 Å². The van der Waals surface area contributed by atoms with Gasteiger partial charge in [-0.05, 0) is 31.9 Å². The van der Waals surface area contributed by atoms with Crippen molar-refractivity contribution in [3.63, 3.8) is 0 Å². The molecule has 1 aromatic carbocycles. The van der Waals surface area contributed by atoms with Crippen LogP contribution in [0.25, 0.3) is 10.1 Å². The van der Waals surface area contributed by atoms with E-state index in [1.165, 1.54) is 43.4 Å². The molecule has 0 bridgehead atoms. The molecule has 1 aliphatic carbocycles. The van der Waals surface area contributed by atoms with Gasteiger partial charge in [-0.3, -0.25) is 4.79 Å². The molecule has 3 rings (SSSR count). The van der Waals surface area contributed by atoms with Crippen molar-refractivity contribution in [3.8, 4) is 5.75 Å². The smallest absolute Gasteiger partial charge is 0.265 e. The zero-order chi connectivity index (χ0) is 16.8. The molecule has 0 atom stereocenters. The third kappa shape index (κ3) is 4.08. The van der Waals surface area contributed by atoms with Crippen LogP contribution in [-0.4, -0.2) is 31.6 Å². The lowest BCUT2D eigenvalue weighted by molar-refractivity contribution is 0.0954. The minimum atomic E-state index is -0.0369.